The number of thioether (sulfide) groups is 1. The number of benzene rings is 1. The largest absolute Gasteiger partial charge is 0.354 e. The molecule has 2 fully saturated rings. The summed E-state index contributed by atoms with van der Waals surface area (Å²) in [7, 11) is 0. The molecular formula is C18H23N5OS. The van der Waals surface area contributed by atoms with Crippen molar-refractivity contribution < 1.29 is 4.79 Å². The normalized spacial score (nSPS) is 19.0. The van der Waals surface area contributed by atoms with Crippen LogP contribution in [0.15, 0.2) is 35.5 Å². The van der Waals surface area contributed by atoms with Crippen molar-refractivity contribution in [2.75, 3.05) is 12.3 Å². The van der Waals surface area contributed by atoms with Crippen LogP contribution in [0, 0.1) is 0 Å². The van der Waals surface area contributed by atoms with Crippen LogP contribution < -0.4 is 5.32 Å². The zero-order valence-electron chi connectivity index (χ0n) is 14.2. The monoisotopic (exact) mass is 357 g/mol. The Balaban J connectivity index is 1.28. The first-order valence-corrected chi connectivity index (χ1v) is 9.98. The van der Waals surface area contributed by atoms with Crippen molar-refractivity contribution in [3.63, 3.8) is 0 Å². The van der Waals surface area contributed by atoms with E-state index in [1.54, 1.807) is 0 Å². The predicted molar refractivity (Wildman–Crippen MR) is 96.4 cm³/mol. The molecule has 1 aromatic carbocycles. The van der Waals surface area contributed by atoms with Crippen LogP contribution in [0.5, 0.6) is 0 Å². The van der Waals surface area contributed by atoms with E-state index >= 15 is 0 Å². The maximum Gasteiger partial charge on any atom is 0.230 e. The molecule has 0 radical (unpaired) electrons. The minimum atomic E-state index is 0.0492. The van der Waals surface area contributed by atoms with Gasteiger partial charge in [-0.05, 0) is 41.7 Å². The average molecular weight is 357 g/mol. The topological polar surface area (TPSA) is 72.7 Å². The van der Waals surface area contributed by atoms with Gasteiger partial charge in [0.1, 0.15) is 0 Å². The second-order valence-electron chi connectivity index (χ2n) is 7.06. The van der Waals surface area contributed by atoms with Crippen molar-refractivity contribution in [1.29, 1.82) is 0 Å². The summed E-state index contributed by atoms with van der Waals surface area (Å²) >= 11 is 1.43. The van der Waals surface area contributed by atoms with Crippen LogP contribution in [0.1, 0.15) is 50.1 Å². The Bertz CT molecular complexity index is 722. The third kappa shape index (κ3) is 3.71. The standard InChI is InChI=1S/C18H23N5OS/c24-16(19-13-18(10-11-18)14-6-2-1-3-7-14)12-25-17-20-21-22-23(17)15-8-4-5-9-15/h1-3,6-7,15H,4-5,8-13H2,(H,19,24). The van der Waals surface area contributed by atoms with Crippen LogP contribution in [0.3, 0.4) is 0 Å². The molecule has 7 heteroatoms. The van der Waals surface area contributed by atoms with Gasteiger partial charge in [-0.25, -0.2) is 4.68 Å². The molecule has 1 N–H and O–H groups in total. The molecule has 2 aliphatic carbocycles. The number of carbonyl (C=O) groups excluding carboxylic acids is 1. The Morgan fingerprint density at radius 1 is 1.24 bits per heavy atom. The first-order chi connectivity index (χ1) is 12.3. The van der Waals surface area contributed by atoms with Gasteiger partial charge in [-0.1, -0.05) is 54.9 Å². The summed E-state index contributed by atoms with van der Waals surface area (Å²) in [5.41, 5.74) is 1.47. The van der Waals surface area contributed by atoms with Gasteiger partial charge < -0.3 is 5.32 Å². The molecule has 0 unspecified atom stereocenters. The lowest BCUT2D eigenvalue weighted by molar-refractivity contribution is -0.118. The van der Waals surface area contributed by atoms with E-state index in [1.807, 2.05) is 10.7 Å². The Morgan fingerprint density at radius 3 is 2.72 bits per heavy atom. The van der Waals surface area contributed by atoms with Crippen molar-refractivity contribution in [2.45, 2.75) is 55.1 Å². The highest BCUT2D eigenvalue weighted by atomic mass is 32.2. The lowest BCUT2D eigenvalue weighted by atomic mass is 9.96. The minimum Gasteiger partial charge on any atom is -0.354 e. The van der Waals surface area contributed by atoms with E-state index in [0.29, 0.717) is 18.3 Å². The number of carbonyl (C=O) groups is 1. The maximum atomic E-state index is 12.3. The van der Waals surface area contributed by atoms with E-state index in [-0.39, 0.29) is 11.3 Å². The number of hydrogen-bond donors (Lipinski definition) is 1. The van der Waals surface area contributed by atoms with Crippen molar-refractivity contribution in [1.82, 2.24) is 25.5 Å². The molecule has 2 saturated carbocycles. The number of nitrogens with one attached hydrogen (secondary N) is 1. The lowest BCUT2D eigenvalue weighted by Gasteiger charge is -2.16. The summed E-state index contributed by atoms with van der Waals surface area (Å²) in [6, 6.07) is 10.9. The minimum absolute atomic E-state index is 0.0492. The van der Waals surface area contributed by atoms with Gasteiger partial charge in [0.25, 0.3) is 0 Å². The third-order valence-electron chi connectivity index (χ3n) is 5.33. The molecule has 6 nitrogen and oxygen atoms in total. The Hall–Kier alpha value is -1.89. The molecule has 2 aliphatic rings. The zero-order valence-corrected chi connectivity index (χ0v) is 15.0. The Labute approximate surface area is 151 Å². The van der Waals surface area contributed by atoms with Gasteiger partial charge in [0, 0.05) is 12.0 Å². The summed E-state index contributed by atoms with van der Waals surface area (Å²) in [6.45, 7) is 0.712. The quantitative estimate of drug-likeness (QED) is 0.772. The highest BCUT2D eigenvalue weighted by Crippen LogP contribution is 2.47. The van der Waals surface area contributed by atoms with Gasteiger partial charge in [-0.15, -0.1) is 5.10 Å². The highest BCUT2D eigenvalue weighted by Gasteiger charge is 2.44. The van der Waals surface area contributed by atoms with Crippen LogP contribution in [-0.4, -0.2) is 38.4 Å². The van der Waals surface area contributed by atoms with E-state index in [1.165, 1.54) is 30.2 Å². The molecule has 0 aliphatic heterocycles. The van der Waals surface area contributed by atoms with Gasteiger partial charge in [-0.3, -0.25) is 4.79 Å². The van der Waals surface area contributed by atoms with Gasteiger partial charge >= 0.3 is 0 Å². The van der Waals surface area contributed by atoms with Gasteiger partial charge in [0.05, 0.1) is 11.8 Å². The average Bonchev–Trinajstić information content (AvgIpc) is 3.04. The Morgan fingerprint density at radius 2 is 2.00 bits per heavy atom. The van der Waals surface area contributed by atoms with Crippen LogP contribution in [-0.2, 0) is 10.2 Å². The van der Waals surface area contributed by atoms with Gasteiger partial charge in [-0.2, -0.15) is 0 Å². The number of tetrazole rings is 1. The molecule has 1 amide bonds. The molecule has 1 aromatic heterocycles. The Kier molecular flexibility index (Phi) is 4.74. The van der Waals surface area contributed by atoms with Gasteiger partial charge in [0.15, 0.2) is 0 Å². The summed E-state index contributed by atoms with van der Waals surface area (Å²) in [4.78, 5) is 12.3. The number of hydrogen-bond acceptors (Lipinski definition) is 5. The number of nitrogens with zero attached hydrogens (tertiary/aromatic N) is 4. The first kappa shape index (κ1) is 16.6. The van der Waals surface area contributed by atoms with Crippen LogP contribution >= 0.6 is 11.8 Å². The molecule has 0 atom stereocenters. The molecule has 1 heterocycles. The fourth-order valence-corrected chi connectivity index (χ4v) is 4.39. The number of amides is 1. The van der Waals surface area contributed by atoms with E-state index in [9.17, 15) is 4.79 Å². The molecule has 2 aromatic rings. The van der Waals surface area contributed by atoms with Gasteiger partial charge in [0.2, 0.25) is 11.1 Å². The van der Waals surface area contributed by atoms with E-state index < -0.39 is 0 Å². The third-order valence-corrected chi connectivity index (χ3v) is 6.26. The number of rotatable bonds is 7. The second kappa shape index (κ2) is 7.15. The molecule has 132 valence electrons. The fraction of sp³-hybridized carbons (Fsp3) is 0.556. The zero-order chi connectivity index (χ0) is 17.1. The van der Waals surface area contributed by atoms with Crippen LogP contribution in [0.4, 0.5) is 0 Å². The summed E-state index contributed by atoms with van der Waals surface area (Å²) in [5, 5.41) is 15.8. The second-order valence-corrected chi connectivity index (χ2v) is 8.00. The summed E-state index contributed by atoms with van der Waals surface area (Å²) in [6.07, 6.45) is 7.01. The predicted octanol–water partition coefficient (Wildman–Crippen LogP) is 2.73. The van der Waals surface area contributed by atoms with Crippen LogP contribution in [0.2, 0.25) is 0 Å². The molecular weight excluding hydrogens is 334 g/mol. The van der Waals surface area contributed by atoms with Crippen LogP contribution in [0.25, 0.3) is 0 Å². The van der Waals surface area contributed by atoms with E-state index in [2.05, 4.69) is 45.1 Å². The first-order valence-electron chi connectivity index (χ1n) is 9.00. The fourth-order valence-electron chi connectivity index (χ4n) is 3.62. The maximum absolute atomic E-state index is 12.3. The molecule has 0 spiro atoms. The molecule has 0 bridgehead atoms. The summed E-state index contributed by atoms with van der Waals surface area (Å²) < 4.78 is 1.90. The van der Waals surface area contributed by atoms with Crippen molar-refractivity contribution in [3.8, 4) is 0 Å². The lowest BCUT2D eigenvalue weighted by Crippen LogP contribution is -2.33. The van der Waals surface area contributed by atoms with E-state index in [4.69, 9.17) is 0 Å². The van der Waals surface area contributed by atoms with Crippen molar-refractivity contribution in [3.05, 3.63) is 35.9 Å². The summed E-state index contributed by atoms with van der Waals surface area (Å²) in [5.74, 6) is 0.408. The van der Waals surface area contributed by atoms with E-state index in [0.717, 1.165) is 30.8 Å². The van der Waals surface area contributed by atoms with Crippen molar-refractivity contribution in [2.24, 2.45) is 0 Å². The van der Waals surface area contributed by atoms with Crippen molar-refractivity contribution >= 4 is 17.7 Å². The molecule has 4 rings (SSSR count). The smallest absolute Gasteiger partial charge is 0.230 e. The SMILES string of the molecule is O=C(CSc1nnnn1C1CCCC1)NCC1(c2ccccc2)CC1. The molecule has 0 saturated heterocycles. The highest BCUT2D eigenvalue weighted by molar-refractivity contribution is 7.99. The molecule has 25 heavy (non-hydrogen) atoms. The number of aromatic nitrogens is 4.